The molecule has 1 fully saturated rings. The largest absolute Gasteiger partial charge is 0.243 e. The molecule has 0 atom stereocenters. The van der Waals surface area contributed by atoms with Crippen molar-refractivity contribution in [1.82, 2.24) is 4.31 Å². The van der Waals surface area contributed by atoms with Crippen LogP contribution in [-0.2, 0) is 16.4 Å². The zero-order chi connectivity index (χ0) is 13.7. The number of nitrogens with zero attached hydrogens (tertiary/aromatic N) is 1. The normalized spacial score (nSPS) is 18.2. The van der Waals surface area contributed by atoms with Gasteiger partial charge in [0, 0.05) is 24.7 Å². The zero-order valence-corrected chi connectivity index (χ0v) is 13.1. The maximum Gasteiger partial charge on any atom is 0.243 e. The van der Waals surface area contributed by atoms with Gasteiger partial charge in [-0.1, -0.05) is 12.1 Å². The first-order valence-electron chi connectivity index (χ1n) is 6.37. The summed E-state index contributed by atoms with van der Waals surface area (Å²) in [5.41, 5.74) is 1.07. The Morgan fingerprint density at radius 2 is 1.89 bits per heavy atom. The van der Waals surface area contributed by atoms with Crippen LogP contribution < -0.4 is 0 Å². The lowest BCUT2D eigenvalue weighted by molar-refractivity contribution is 0.435. The van der Waals surface area contributed by atoms with Crippen molar-refractivity contribution in [3.63, 3.8) is 0 Å². The molecule has 0 unspecified atom stereocenters. The minimum absolute atomic E-state index is 0.387. The summed E-state index contributed by atoms with van der Waals surface area (Å²) in [5, 5.41) is 0. The predicted octanol–water partition coefficient (Wildman–Crippen LogP) is 2.60. The number of thioether (sulfide) groups is 1. The lowest BCUT2D eigenvalue weighted by Gasteiger charge is -2.19. The fourth-order valence-electron chi connectivity index (χ4n) is 2.05. The lowest BCUT2D eigenvalue weighted by atomic mass is 10.2. The highest BCUT2D eigenvalue weighted by molar-refractivity contribution is 7.99. The molecule has 0 spiro atoms. The van der Waals surface area contributed by atoms with Crippen LogP contribution in [0.4, 0.5) is 0 Å². The molecule has 106 valence electrons. The Bertz CT molecular complexity index is 494. The first-order chi connectivity index (χ1) is 9.14. The standard InChI is InChI=1S/C13H18ClNO2S2/c14-7-6-12-2-4-13(5-3-12)19(16,17)15-8-1-10-18-11-9-15/h2-5H,1,6-11H2. The number of halogens is 1. The average molecular weight is 320 g/mol. The number of alkyl halides is 1. The second-order valence-corrected chi connectivity index (χ2v) is 7.99. The van der Waals surface area contributed by atoms with Gasteiger partial charge in [0.25, 0.3) is 0 Å². The molecule has 1 saturated heterocycles. The second kappa shape index (κ2) is 6.97. The van der Waals surface area contributed by atoms with Crippen LogP contribution in [0.3, 0.4) is 0 Å². The van der Waals surface area contributed by atoms with Gasteiger partial charge in [0.1, 0.15) is 0 Å². The molecule has 19 heavy (non-hydrogen) atoms. The van der Waals surface area contributed by atoms with E-state index in [4.69, 9.17) is 11.6 Å². The van der Waals surface area contributed by atoms with Crippen LogP contribution >= 0.6 is 23.4 Å². The van der Waals surface area contributed by atoms with Gasteiger partial charge >= 0.3 is 0 Å². The second-order valence-electron chi connectivity index (χ2n) is 4.45. The molecule has 2 rings (SSSR count). The Morgan fingerprint density at radius 3 is 2.58 bits per heavy atom. The number of hydrogen-bond donors (Lipinski definition) is 0. The van der Waals surface area contributed by atoms with Gasteiger partial charge in [-0.15, -0.1) is 11.6 Å². The molecule has 1 heterocycles. The first-order valence-corrected chi connectivity index (χ1v) is 9.50. The molecule has 0 aliphatic carbocycles. The third-order valence-electron chi connectivity index (χ3n) is 3.13. The molecule has 1 aliphatic heterocycles. The summed E-state index contributed by atoms with van der Waals surface area (Å²) in [7, 11) is -3.33. The third-order valence-corrected chi connectivity index (χ3v) is 6.28. The molecule has 1 aromatic carbocycles. The van der Waals surface area contributed by atoms with Crippen molar-refractivity contribution < 1.29 is 8.42 Å². The fraction of sp³-hybridized carbons (Fsp3) is 0.538. The van der Waals surface area contributed by atoms with Crippen LogP contribution in [0.15, 0.2) is 29.2 Å². The van der Waals surface area contributed by atoms with E-state index < -0.39 is 10.0 Å². The summed E-state index contributed by atoms with van der Waals surface area (Å²) in [6, 6.07) is 7.08. The summed E-state index contributed by atoms with van der Waals surface area (Å²) in [5.74, 6) is 2.47. The molecule has 0 radical (unpaired) electrons. The van der Waals surface area contributed by atoms with Gasteiger partial charge in [0.15, 0.2) is 0 Å². The minimum Gasteiger partial charge on any atom is -0.207 e. The summed E-state index contributed by atoms with van der Waals surface area (Å²) in [4.78, 5) is 0.387. The average Bonchev–Trinajstić information content (AvgIpc) is 2.69. The summed E-state index contributed by atoms with van der Waals surface area (Å²) >= 11 is 7.50. The molecule has 3 nitrogen and oxygen atoms in total. The van der Waals surface area contributed by atoms with Gasteiger partial charge in [-0.05, 0) is 36.3 Å². The van der Waals surface area contributed by atoms with E-state index in [1.807, 2.05) is 23.9 Å². The van der Waals surface area contributed by atoms with Crippen molar-refractivity contribution >= 4 is 33.4 Å². The SMILES string of the molecule is O=S(=O)(c1ccc(CCCl)cc1)N1CCCSCC1. The quantitative estimate of drug-likeness (QED) is 0.801. The van der Waals surface area contributed by atoms with Gasteiger partial charge in [0.05, 0.1) is 4.90 Å². The Morgan fingerprint density at radius 1 is 1.16 bits per heavy atom. The van der Waals surface area contributed by atoms with E-state index in [0.29, 0.717) is 23.9 Å². The Hall–Kier alpha value is -0.230. The number of benzene rings is 1. The maximum absolute atomic E-state index is 12.5. The number of sulfonamides is 1. The summed E-state index contributed by atoms with van der Waals surface area (Å²) in [6.07, 6.45) is 1.69. The topological polar surface area (TPSA) is 37.4 Å². The first kappa shape index (κ1) is 15.2. The molecule has 0 amide bonds. The van der Waals surface area contributed by atoms with E-state index in [1.165, 1.54) is 0 Å². The van der Waals surface area contributed by atoms with Crippen LogP contribution in [0, 0.1) is 0 Å². The van der Waals surface area contributed by atoms with Crippen molar-refractivity contribution in [2.45, 2.75) is 17.7 Å². The molecule has 6 heteroatoms. The molecule has 1 aliphatic rings. The van der Waals surface area contributed by atoms with E-state index in [-0.39, 0.29) is 0 Å². The molecule has 0 bridgehead atoms. The van der Waals surface area contributed by atoms with Crippen molar-refractivity contribution in [3.8, 4) is 0 Å². The van der Waals surface area contributed by atoms with Gasteiger partial charge in [0.2, 0.25) is 10.0 Å². The number of aryl methyl sites for hydroxylation is 1. The van der Waals surface area contributed by atoms with Crippen LogP contribution in [0.1, 0.15) is 12.0 Å². The van der Waals surface area contributed by atoms with Crippen LogP contribution in [0.25, 0.3) is 0 Å². The highest BCUT2D eigenvalue weighted by Crippen LogP contribution is 2.20. The summed E-state index contributed by atoms with van der Waals surface area (Å²) < 4.78 is 26.6. The maximum atomic E-state index is 12.5. The van der Waals surface area contributed by atoms with Gasteiger partial charge < -0.3 is 0 Å². The molecule has 0 N–H and O–H groups in total. The van der Waals surface area contributed by atoms with E-state index in [2.05, 4.69) is 0 Å². The van der Waals surface area contributed by atoms with Crippen LogP contribution in [0.5, 0.6) is 0 Å². The molecular formula is C13H18ClNO2S2. The highest BCUT2D eigenvalue weighted by Gasteiger charge is 2.24. The van der Waals surface area contributed by atoms with E-state index in [9.17, 15) is 8.42 Å². The molecule has 0 aromatic heterocycles. The fourth-order valence-corrected chi connectivity index (χ4v) is 4.75. The predicted molar refractivity (Wildman–Crippen MR) is 81.6 cm³/mol. The van der Waals surface area contributed by atoms with E-state index in [1.54, 1.807) is 16.4 Å². The Labute approximate surface area is 124 Å². The van der Waals surface area contributed by atoms with Gasteiger partial charge in [-0.25, -0.2) is 8.42 Å². The monoisotopic (exact) mass is 319 g/mol. The molecule has 0 saturated carbocycles. The van der Waals surface area contributed by atoms with Crippen molar-refractivity contribution in [3.05, 3.63) is 29.8 Å². The van der Waals surface area contributed by atoms with Crippen molar-refractivity contribution in [2.75, 3.05) is 30.5 Å². The molecule has 1 aromatic rings. The Kier molecular flexibility index (Phi) is 5.57. The van der Waals surface area contributed by atoms with Gasteiger partial charge in [-0.3, -0.25) is 0 Å². The van der Waals surface area contributed by atoms with E-state index in [0.717, 1.165) is 29.9 Å². The van der Waals surface area contributed by atoms with Crippen molar-refractivity contribution in [1.29, 1.82) is 0 Å². The van der Waals surface area contributed by atoms with Gasteiger partial charge in [-0.2, -0.15) is 16.1 Å². The minimum atomic E-state index is -3.33. The lowest BCUT2D eigenvalue weighted by Crippen LogP contribution is -2.32. The number of rotatable bonds is 4. The van der Waals surface area contributed by atoms with Crippen LogP contribution in [0.2, 0.25) is 0 Å². The van der Waals surface area contributed by atoms with E-state index >= 15 is 0 Å². The smallest absolute Gasteiger partial charge is 0.207 e. The highest BCUT2D eigenvalue weighted by atomic mass is 35.5. The van der Waals surface area contributed by atoms with Crippen molar-refractivity contribution in [2.24, 2.45) is 0 Å². The summed E-state index contributed by atoms with van der Waals surface area (Å²) in [6.45, 7) is 1.23. The molecular weight excluding hydrogens is 302 g/mol. The van der Waals surface area contributed by atoms with Crippen LogP contribution in [-0.4, -0.2) is 43.2 Å². The third kappa shape index (κ3) is 3.88. The Balaban J connectivity index is 2.18. The zero-order valence-electron chi connectivity index (χ0n) is 10.7. The number of hydrogen-bond acceptors (Lipinski definition) is 3.